The number of aliphatic imine (C=N–C) groups is 1. The molecule has 2 aromatic carbocycles. The van der Waals surface area contributed by atoms with Gasteiger partial charge in [-0.15, -0.1) is 0 Å². The molecule has 2 aromatic heterocycles. The zero-order chi connectivity index (χ0) is 25.7. The number of allylic oxidation sites excluding steroid dienone is 1. The molecule has 0 amide bonds. The lowest BCUT2D eigenvalue weighted by molar-refractivity contribution is 0.116. The molecule has 1 atom stereocenters. The number of H-pyrrole nitrogens is 1. The molecule has 0 saturated heterocycles. The van der Waals surface area contributed by atoms with Crippen molar-refractivity contribution in [1.29, 1.82) is 0 Å². The first-order valence-electron chi connectivity index (χ1n) is 12.6. The highest BCUT2D eigenvalue weighted by Gasteiger charge is 2.33. The van der Waals surface area contributed by atoms with Crippen LogP contribution in [0.3, 0.4) is 0 Å². The van der Waals surface area contributed by atoms with E-state index < -0.39 is 12.1 Å². The summed E-state index contributed by atoms with van der Waals surface area (Å²) >= 11 is 12.9. The van der Waals surface area contributed by atoms with Crippen LogP contribution in [0.1, 0.15) is 36.2 Å². The van der Waals surface area contributed by atoms with E-state index in [4.69, 9.17) is 28.5 Å². The Hall–Kier alpha value is -3.13. The molecule has 0 bridgehead atoms. The minimum absolute atomic E-state index is 0.461. The van der Waals surface area contributed by atoms with Crippen molar-refractivity contribution in [1.82, 2.24) is 24.1 Å². The van der Waals surface area contributed by atoms with Crippen LogP contribution in [0.25, 0.3) is 27.8 Å². The summed E-state index contributed by atoms with van der Waals surface area (Å²) in [4.78, 5) is 9.81. The average Bonchev–Trinajstić information content (AvgIpc) is 3.54. The molecular weight excluding hydrogens is 510 g/mol. The van der Waals surface area contributed by atoms with Gasteiger partial charge in [0.15, 0.2) is 12.1 Å². The van der Waals surface area contributed by atoms with E-state index in [1.54, 1.807) is 0 Å². The third-order valence-electron chi connectivity index (χ3n) is 7.29. The maximum atomic E-state index is 13.7. The van der Waals surface area contributed by atoms with Crippen molar-refractivity contribution in [3.8, 4) is 16.9 Å². The zero-order valence-corrected chi connectivity index (χ0v) is 22.2. The molecule has 1 unspecified atom stereocenters. The number of nitrogens with one attached hydrogen (secondary N) is 1. The topological polar surface area (TPSA) is 52.5 Å². The highest BCUT2D eigenvalue weighted by atomic mass is 35.5. The van der Waals surface area contributed by atoms with Crippen LogP contribution in [0.5, 0.6) is 0 Å². The molecule has 9 heteroatoms. The summed E-state index contributed by atoms with van der Waals surface area (Å²) in [7, 11) is 0. The van der Waals surface area contributed by atoms with Crippen molar-refractivity contribution in [2.75, 3.05) is 6.54 Å². The number of aryl methyl sites for hydroxylation is 2. The van der Waals surface area contributed by atoms with Crippen LogP contribution in [0, 0.1) is 0 Å². The maximum absolute atomic E-state index is 13.7. The van der Waals surface area contributed by atoms with Crippen LogP contribution in [-0.4, -0.2) is 43.1 Å². The van der Waals surface area contributed by atoms with Crippen molar-refractivity contribution >= 4 is 40.5 Å². The number of fused-ring (bicyclic) bond motifs is 2. The van der Waals surface area contributed by atoms with Gasteiger partial charge in [-0.3, -0.25) is 9.32 Å². The number of para-hydroxylation sites is 1. The van der Waals surface area contributed by atoms with Crippen LogP contribution < -0.4 is 0 Å². The molecule has 0 aliphatic carbocycles. The van der Waals surface area contributed by atoms with E-state index in [1.165, 1.54) is 28.0 Å². The number of aromatic nitrogens is 3. The minimum atomic E-state index is -0.489. The Balaban J connectivity index is 1.57. The summed E-state index contributed by atoms with van der Waals surface area (Å²) in [5.74, 6) is -0.461. The van der Waals surface area contributed by atoms with E-state index in [1.807, 2.05) is 12.3 Å². The molecule has 4 heterocycles. The molecule has 1 N–H and O–H groups in total. The fourth-order valence-corrected chi connectivity index (χ4v) is 6.00. The molecule has 2 aliphatic rings. The maximum Gasteiger partial charge on any atom is 0.192 e. The number of hydrogen-bond donors (Lipinski definition) is 1. The van der Waals surface area contributed by atoms with Crippen LogP contribution in [0.2, 0.25) is 5.02 Å². The second-order valence-corrected chi connectivity index (χ2v) is 10.2. The number of hydrogen-bond acceptors (Lipinski definition) is 4. The van der Waals surface area contributed by atoms with Gasteiger partial charge in [-0.25, -0.2) is 14.1 Å². The molecule has 4 aromatic rings. The van der Waals surface area contributed by atoms with Crippen molar-refractivity contribution < 1.29 is 4.39 Å². The Morgan fingerprint density at radius 1 is 1.11 bits per heavy atom. The number of halogens is 3. The Bertz CT molecular complexity index is 1530. The van der Waals surface area contributed by atoms with Crippen molar-refractivity contribution in [3.63, 3.8) is 0 Å². The number of rotatable bonds is 5. The summed E-state index contributed by atoms with van der Waals surface area (Å²) in [6, 6.07) is 12.6. The summed E-state index contributed by atoms with van der Waals surface area (Å²) in [5, 5.41) is 6.95. The van der Waals surface area contributed by atoms with Crippen LogP contribution in [-0.2, 0) is 25.8 Å². The molecule has 190 valence electrons. The minimum Gasteiger partial charge on any atom is -0.360 e. The largest absolute Gasteiger partial charge is 0.360 e. The van der Waals surface area contributed by atoms with Gasteiger partial charge in [0.1, 0.15) is 0 Å². The van der Waals surface area contributed by atoms with Gasteiger partial charge in [0.05, 0.1) is 40.0 Å². The van der Waals surface area contributed by atoms with E-state index in [0.29, 0.717) is 18.1 Å². The lowest BCUT2D eigenvalue weighted by Gasteiger charge is -2.36. The molecular formula is C28H27Cl2FN6. The summed E-state index contributed by atoms with van der Waals surface area (Å²) in [6.45, 7) is 5.65. The fraction of sp³-hybridized carbons (Fsp3) is 0.286. The zero-order valence-electron chi connectivity index (χ0n) is 20.7. The number of benzene rings is 2. The normalized spacial score (nSPS) is 17.9. The van der Waals surface area contributed by atoms with Gasteiger partial charge in [-0.05, 0) is 36.1 Å². The molecule has 6 nitrogen and oxygen atoms in total. The number of nitrogens with zero attached hydrogens (tertiary/aromatic N) is 5. The van der Waals surface area contributed by atoms with Crippen molar-refractivity contribution in [2.24, 2.45) is 4.99 Å². The second-order valence-electron chi connectivity index (χ2n) is 9.38. The SMILES string of the molecule is CCc1cccc(CC)c1-n1nc2c(c1-c1ccc(Cl)c3[nH]ccc13)CN(C1N=CC(F)=CN1Cl)CC2. The summed E-state index contributed by atoms with van der Waals surface area (Å²) in [5.41, 5.74) is 8.82. The standard InChI is InChI=1S/C28H27Cl2FN6/c1-3-17-6-5-7-18(4-2)26(17)37-27(21-8-9-23(29)25-20(21)10-12-32-25)22-16-35(13-11-24(22)34-37)28-33-14-19(31)15-36(28)30/h5-10,12,14-15,28,32H,3-4,11,13,16H2,1-2H3. The van der Waals surface area contributed by atoms with E-state index >= 15 is 0 Å². The quantitative estimate of drug-likeness (QED) is 0.285. The monoisotopic (exact) mass is 536 g/mol. The van der Waals surface area contributed by atoms with E-state index in [0.717, 1.165) is 58.4 Å². The molecule has 2 aliphatic heterocycles. The van der Waals surface area contributed by atoms with Gasteiger partial charge in [0.25, 0.3) is 0 Å². The van der Waals surface area contributed by atoms with Gasteiger partial charge >= 0.3 is 0 Å². The van der Waals surface area contributed by atoms with E-state index in [9.17, 15) is 4.39 Å². The highest BCUT2D eigenvalue weighted by molar-refractivity contribution is 6.35. The van der Waals surface area contributed by atoms with Crippen LogP contribution >= 0.6 is 23.4 Å². The van der Waals surface area contributed by atoms with Gasteiger partial charge in [0.2, 0.25) is 0 Å². The molecule has 0 saturated carbocycles. The van der Waals surface area contributed by atoms with Gasteiger partial charge in [-0.1, -0.05) is 49.7 Å². The van der Waals surface area contributed by atoms with E-state index in [-0.39, 0.29) is 0 Å². The van der Waals surface area contributed by atoms with Gasteiger partial charge in [-0.2, -0.15) is 5.10 Å². The highest BCUT2D eigenvalue weighted by Crippen LogP contribution is 2.40. The first-order valence-corrected chi connectivity index (χ1v) is 13.3. The first-order chi connectivity index (χ1) is 18.0. The Kier molecular flexibility index (Phi) is 6.31. The smallest absolute Gasteiger partial charge is 0.192 e. The number of aromatic amines is 1. The third-order valence-corrected chi connectivity index (χ3v) is 7.88. The third kappa shape index (κ3) is 4.06. The fourth-order valence-electron chi connectivity index (χ4n) is 5.51. The molecule has 37 heavy (non-hydrogen) atoms. The predicted octanol–water partition coefficient (Wildman–Crippen LogP) is 6.79. The van der Waals surface area contributed by atoms with Crippen molar-refractivity contribution in [3.05, 3.63) is 82.0 Å². The van der Waals surface area contributed by atoms with Crippen molar-refractivity contribution in [2.45, 2.75) is 45.9 Å². The summed E-state index contributed by atoms with van der Waals surface area (Å²) in [6.07, 6.45) is 6.46. The predicted molar refractivity (Wildman–Crippen MR) is 148 cm³/mol. The summed E-state index contributed by atoms with van der Waals surface area (Å²) < 4.78 is 17.2. The molecule has 0 spiro atoms. The lowest BCUT2D eigenvalue weighted by atomic mass is 9.97. The van der Waals surface area contributed by atoms with Crippen LogP contribution in [0.15, 0.2) is 59.6 Å². The Morgan fingerprint density at radius 2 is 1.89 bits per heavy atom. The Labute approximate surface area is 225 Å². The van der Waals surface area contributed by atoms with Gasteiger partial charge in [0, 0.05) is 54.0 Å². The van der Waals surface area contributed by atoms with E-state index in [2.05, 4.69) is 63.7 Å². The van der Waals surface area contributed by atoms with Crippen LogP contribution in [0.4, 0.5) is 4.39 Å². The second kappa shape index (κ2) is 9.63. The lowest BCUT2D eigenvalue weighted by Crippen LogP contribution is -2.45. The average molecular weight is 537 g/mol. The molecule has 0 radical (unpaired) electrons. The molecule has 0 fully saturated rings. The first kappa shape index (κ1) is 24.2. The molecule has 6 rings (SSSR count). The Morgan fingerprint density at radius 3 is 2.62 bits per heavy atom. The van der Waals surface area contributed by atoms with Gasteiger partial charge < -0.3 is 4.98 Å².